The maximum Gasteiger partial charge on any atom is 0.331 e. The Morgan fingerprint density at radius 2 is 2.14 bits per heavy atom. The normalized spacial score (nSPS) is 17.5. The molecule has 0 unspecified atom stereocenters. The number of nitrogens with two attached hydrogens (primary N) is 1. The van der Waals surface area contributed by atoms with Gasteiger partial charge in [-0.05, 0) is 37.1 Å². The highest BCUT2D eigenvalue weighted by Crippen LogP contribution is 2.34. The van der Waals surface area contributed by atoms with Gasteiger partial charge in [0, 0.05) is 23.4 Å². The number of ether oxygens (including phenoxy) is 1. The molecule has 0 bridgehead atoms. The first kappa shape index (κ1) is 18.4. The van der Waals surface area contributed by atoms with Gasteiger partial charge in [0.1, 0.15) is 11.3 Å². The lowest BCUT2D eigenvalue weighted by Gasteiger charge is -2.23. The van der Waals surface area contributed by atoms with E-state index < -0.39 is 17.3 Å². The molecule has 1 aliphatic heterocycles. The SMILES string of the molecule is CC[C@H](C)n1c(O)c([C@H]2[NH2+]CCc3c2[nH]c2ccc(OC)cc32)c(=O)[nH]c1=O. The lowest BCUT2D eigenvalue weighted by Crippen LogP contribution is -2.87. The molecule has 8 nitrogen and oxygen atoms in total. The van der Waals surface area contributed by atoms with Crippen molar-refractivity contribution in [1.82, 2.24) is 14.5 Å². The van der Waals surface area contributed by atoms with Crippen molar-refractivity contribution in [2.45, 2.75) is 38.8 Å². The number of quaternary nitrogens is 1. The average Bonchev–Trinajstić information content (AvgIpc) is 3.06. The predicted molar refractivity (Wildman–Crippen MR) is 105 cm³/mol. The lowest BCUT2D eigenvalue weighted by atomic mass is 9.95. The third kappa shape index (κ3) is 2.72. The van der Waals surface area contributed by atoms with Crippen molar-refractivity contribution in [1.29, 1.82) is 0 Å². The van der Waals surface area contributed by atoms with Crippen LogP contribution in [-0.2, 0) is 6.42 Å². The first-order chi connectivity index (χ1) is 13.5. The quantitative estimate of drug-likeness (QED) is 0.534. The van der Waals surface area contributed by atoms with E-state index in [-0.39, 0.29) is 17.5 Å². The summed E-state index contributed by atoms with van der Waals surface area (Å²) in [5, 5.41) is 13.9. The molecule has 0 saturated carbocycles. The molecule has 0 amide bonds. The number of aromatic hydroxyl groups is 1. The summed E-state index contributed by atoms with van der Waals surface area (Å²) < 4.78 is 6.61. The van der Waals surface area contributed by atoms with Crippen molar-refractivity contribution in [3.05, 3.63) is 55.9 Å². The van der Waals surface area contributed by atoms with Crippen molar-refractivity contribution in [2.24, 2.45) is 0 Å². The molecule has 1 aromatic carbocycles. The van der Waals surface area contributed by atoms with Gasteiger partial charge in [-0.25, -0.2) is 4.79 Å². The molecule has 0 aliphatic carbocycles. The van der Waals surface area contributed by atoms with Crippen molar-refractivity contribution < 1.29 is 15.2 Å². The molecule has 0 spiro atoms. The molecule has 3 aromatic rings. The van der Waals surface area contributed by atoms with Crippen LogP contribution in [0.2, 0.25) is 0 Å². The van der Waals surface area contributed by atoms with Crippen LogP contribution in [-0.4, -0.2) is 33.3 Å². The van der Waals surface area contributed by atoms with Crippen LogP contribution in [0, 0.1) is 0 Å². The zero-order chi connectivity index (χ0) is 20.0. The smallest absolute Gasteiger partial charge is 0.331 e. The second kappa shape index (κ2) is 6.87. The highest BCUT2D eigenvalue weighted by molar-refractivity contribution is 5.86. The van der Waals surface area contributed by atoms with Crippen LogP contribution in [0.4, 0.5) is 0 Å². The number of methoxy groups -OCH3 is 1. The molecule has 4 rings (SSSR count). The van der Waals surface area contributed by atoms with E-state index in [4.69, 9.17) is 4.74 Å². The largest absolute Gasteiger partial charge is 0.497 e. The van der Waals surface area contributed by atoms with Gasteiger partial charge in [-0.1, -0.05) is 6.92 Å². The molecule has 8 heteroatoms. The molecule has 148 valence electrons. The number of aromatic amines is 2. The van der Waals surface area contributed by atoms with Gasteiger partial charge in [0.15, 0.2) is 6.04 Å². The number of benzene rings is 1. The zero-order valence-electron chi connectivity index (χ0n) is 16.2. The summed E-state index contributed by atoms with van der Waals surface area (Å²) in [6.07, 6.45) is 1.49. The summed E-state index contributed by atoms with van der Waals surface area (Å²) in [7, 11) is 1.63. The molecule has 2 aromatic heterocycles. The van der Waals surface area contributed by atoms with Gasteiger partial charge < -0.3 is 20.1 Å². The van der Waals surface area contributed by atoms with E-state index in [2.05, 4.69) is 9.97 Å². The van der Waals surface area contributed by atoms with Crippen LogP contribution in [0.25, 0.3) is 10.9 Å². The van der Waals surface area contributed by atoms with Gasteiger partial charge in [0.25, 0.3) is 5.56 Å². The average molecular weight is 385 g/mol. The fourth-order valence-electron chi connectivity index (χ4n) is 4.11. The van der Waals surface area contributed by atoms with E-state index in [1.54, 1.807) is 7.11 Å². The highest BCUT2D eigenvalue weighted by atomic mass is 16.5. The molecule has 0 radical (unpaired) electrons. The summed E-state index contributed by atoms with van der Waals surface area (Å²) in [6.45, 7) is 4.54. The monoisotopic (exact) mass is 385 g/mol. The number of H-pyrrole nitrogens is 2. The van der Waals surface area contributed by atoms with Crippen molar-refractivity contribution in [2.75, 3.05) is 13.7 Å². The van der Waals surface area contributed by atoms with Crippen LogP contribution in [0.3, 0.4) is 0 Å². The number of aromatic nitrogens is 3. The van der Waals surface area contributed by atoms with Gasteiger partial charge in [0.2, 0.25) is 5.88 Å². The summed E-state index contributed by atoms with van der Waals surface area (Å²) in [5.41, 5.74) is 2.02. The number of rotatable bonds is 4. The second-order valence-corrected chi connectivity index (χ2v) is 7.30. The Balaban J connectivity index is 1.94. The minimum Gasteiger partial charge on any atom is -0.497 e. The summed E-state index contributed by atoms with van der Waals surface area (Å²) in [5.74, 6) is 0.514. The maximum atomic E-state index is 12.7. The van der Waals surface area contributed by atoms with Gasteiger partial charge in [-0.3, -0.25) is 14.3 Å². The number of hydrogen-bond donors (Lipinski definition) is 4. The Morgan fingerprint density at radius 3 is 2.86 bits per heavy atom. The number of fused-ring (bicyclic) bond motifs is 3. The maximum absolute atomic E-state index is 12.7. The molecule has 0 fully saturated rings. The zero-order valence-corrected chi connectivity index (χ0v) is 16.2. The fraction of sp³-hybridized carbons (Fsp3) is 0.400. The van der Waals surface area contributed by atoms with Crippen molar-refractivity contribution in [3.63, 3.8) is 0 Å². The summed E-state index contributed by atoms with van der Waals surface area (Å²) in [4.78, 5) is 30.7. The van der Waals surface area contributed by atoms with Crippen LogP contribution in [0.15, 0.2) is 27.8 Å². The van der Waals surface area contributed by atoms with Crippen molar-refractivity contribution in [3.8, 4) is 11.6 Å². The van der Waals surface area contributed by atoms with Crippen LogP contribution >= 0.6 is 0 Å². The molecule has 3 heterocycles. The van der Waals surface area contributed by atoms with Crippen LogP contribution in [0.1, 0.15) is 49.2 Å². The topological polar surface area (TPSA) is 117 Å². The Bertz CT molecular complexity index is 1160. The van der Waals surface area contributed by atoms with Crippen LogP contribution < -0.4 is 21.3 Å². The lowest BCUT2D eigenvalue weighted by molar-refractivity contribution is -0.690. The van der Waals surface area contributed by atoms with E-state index in [0.717, 1.165) is 40.9 Å². The number of hydrogen-bond acceptors (Lipinski definition) is 4. The van der Waals surface area contributed by atoms with Crippen LogP contribution in [0.5, 0.6) is 11.6 Å². The summed E-state index contributed by atoms with van der Waals surface area (Å²) in [6, 6.07) is 5.18. The standard InChI is InChI=1S/C20H24N4O4/c1-4-10(2)24-19(26)15(18(25)23-20(24)27)17-16-12(7-8-21-17)13-9-11(28-3)5-6-14(13)22-16/h5-6,9-10,17,21-22,26H,4,7-8H2,1-3H3,(H,23,25,27)/p+1/t10-,17+/m0/s1. The number of nitrogens with zero attached hydrogens (tertiary/aromatic N) is 1. The molecule has 1 aliphatic rings. The molecule has 2 atom stereocenters. The molecule has 5 N–H and O–H groups in total. The number of nitrogens with one attached hydrogen (secondary N) is 2. The fourth-order valence-corrected chi connectivity index (χ4v) is 4.11. The second-order valence-electron chi connectivity index (χ2n) is 7.30. The van der Waals surface area contributed by atoms with E-state index in [9.17, 15) is 14.7 Å². The molecular formula is C20H25N4O4+. The van der Waals surface area contributed by atoms with Gasteiger partial charge >= 0.3 is 5.69 Å². The van der Waals surface area contributed by atoms with Crippen molar-refractivity contribution >= 4 is 10.9 Å². The summed E-state index contributed by atoms with van der Waals surface area (Å²) >= 11 is 0. The third-order valence-corrected chi connectivity index (χ3v) is 5.75. The predicted octanol–water partition coefficient (Wildman–Crippen LogP) is 0.912. The van der Waals surface area contributed by atoms with E-state index in [1.165, 1.54) is 4.57 Å². The minimum atomic E-state index is -0.585. The van der Waals surface area contributed by atoms with E-state index in [0.29, 0.717) is 6.42 Å². The van der Waals surface area contributed by atoms with Gasteiger partial charge in [-0.15, -0.1) is 0 Å². The Labute approximate surface area is 161 Å². The Kier molecular flexibility index (Phi) is 4.50. The molecule has 0 saturated heterocycles. The molecular weight excluding hydrogens is 360 g/mol. The third-order valence-electron chi connectivity index (χ3n) is 5.75. The van der Waals surface area contributed by atoms with Gasteiger partial charge in [-0.2, -0.15) is 0 Å². The minimum absolute atomic E-state index is 0.208. The Morgan fingerprint density at radius 1 is 1.36 bits per heavy atom. The first-order valence-electron chi connectivity index (χ1n) is 9.55. The van der Waals surface area contributed by atoms with Gasteiger partial charge in [0.05, 0.1) is 19.3 Å². The molecule has 28 heavy (non-hydrogen) atoms. The highest BCUT2D eigenvalue weighted by Gasteiger charge is 2.34. The van der Waals surface area contributed by atoms with E-state index >= 15 is 0 Å². The Hall–Kier alpha value is -3.00. The van der Waals surface area contributed by atoms with E-state index in [1.807, 2.05) is 37.4 Å². The first-order valence-corrected chi connectivity index (χ1v) is 9.55.